The standard InChI is InChI=1S/C22H24N6O4/c1-31-17-4-2-16(3-5-17)18-7-9-21(29)28(26-18)11-10-23-22(30)19-6-8-20(25-24-19)27-12-14-32-15-13-27/h2-9H,10-15H2,1H3,(H,23,30). The van der Waals surface area contributed by atoms with Crippen molar-refractivity contribution < 1.29 is 14.3 Å². The maximum atomic E-state index is 12.4. The lowest BCUT2D eigenvalue weighted by Crippen LogP contribution is -2.37. The number of benzene rings is 1. The van der Waals surface area contributed by atoms with Gasteiger partial charge in [-0.15, -0.1) is 10.2 Å². The predicted octanol–water partition coefficient (Wildman–Crippen LogP) is 0.976. The van der Waals surface area contributed by atoms with Gasteiger partial charge in [0, 0.05) is 31.3 Å². The Morgan fingerprint density at radius 3 is 2.53 bits per heavy atom. The number of hydrogen-bond acceptors (Lipinski definition) is 8. The van der Waals surface area contributed by atoms with E-state index in [0.717, 1.165) is 30.2 Å². The van der Waals surface area contributed by atoms with E-state index in [1.165, 1.54) is 10.7 Å². The van der Waals surface area contributed by atoms with Crippen molar-refractivity contribution in [2.24, 2.45) is 0 Å². The van der Waals surface area contributed by atoms with Gasteiger partial charge >= 0.3 is 0 Å². The van der Waals surface area contributed by atoms with Crippen LogP contribution in [0, 0.1) is 0 Å². The minimum Gasteiger partial charge on any atom is -0.497 e. The van der Waals surface area contributed by atoms with Crippen LogP contribution in [0.15, 0.2) is 53.3 Å². The zero-order chi connectivity index (χ0) is 22.3. The quantitative estimate of drug-likeness (QED) is 0.583. The van der Waals surface area contributed by atoms with Crippen molar-refractivity contribution in [2.75, 3.05) is 44.9 Å². The molecule has 4 rings (SSSR count). The first kappa shape index (κ1) is 21.4. The second-order valence-corrected chi connectivity index (χ2v) is 7.14. The average Bonchev–Trinajstić information content (AvgIpc) is 2.86. The Bertz CT molecular complexity index is 1110. The third kappa shape index (κ3) is 5.09. The number of methoxy groups -OCH3 is 1. The van der Waals surface area contributed by atoms with Gasteiger partial charge in [-0.25, -0.2) is 4.68 Å². The lowest BCUT2D eigenvalue weighted by Gasteiger charge is -2.27. The Morgan fingerprint density at radius 2 is 1.84 bits per heavy atom. The fourth-order valence-corrected chi connectivity index (χ4v) is 3.30. The molecule has 1 aromatic carbocycles. The first-order valence-electron chi connectivity index (χ1n) is 10.3. The summed E-state index contributed by atoms with van der Waals surface area (Å²) < 4.78 is 11.8. The molecule has 1 fully saturated rings. The van der Waals surface area contributed by atoms with Gasteiger partial charge in [-0.05, 0) is 42.5 Å². The van der Waals surface area contributed by atoms with Gasteiger partial charge in [-0.3, -0.25) is 9.59 Å². The molecule has 1 amide bonds. The highest BCUT2D eigenvalue weighted by Crippen LogP contribution is 2.19. The van der Waals surface area contributed by atoms with Crippen LogP contribution >= 0.6 is 0 Å². The molecule has 0 saturated carbocycles. The Hall–Kier alpha value is -3.79. The van der Waals surface area contributed by atoms with E-state index in [2.05, 4.69) is 25.5 Å². The van der Waals surface area contributed by atoms with Crippen molar-refractivity contribution in [3.05, 3.63) is 64.6 Å². The number of ether oxygens (including phenoxy) is 2. The van der Waals surface area contributed by atoms with Crippen LogP contribution in [0.4, 0.5) is 5.82 Å². The molecule has 0 bridgehead atoms. The summed E-state index contributed by atoms with van der Waals surface area (Å²) in [6, 6.07) is 14.0. The highest BCUT2D eigenvalue weighted by molar-refractivity contribution is 5.92. The molecule has 0 radical (unpaired) electrons. The van der Waals surface area contributed by atoms with E-state index in [9.17, 15) is 9.59 Å². The normalized spacial score (nSPS) is 13.6. The summed E-state index contributed by atoms with van der Waals surface area (Å²) in [6.45, 7) is 3.25. The predicted molar refractivity (Wildman–Crippen MR) is 118 cm³/mol. The summed E-state index contributed by atoms with van der Waals surface area (Å²) in [6.07, 6.45) is 0. The molecule has 2 aromatic heterocycles. The number of anilines is 1. The van der Waals surface area contributed by atoms with E-state index in [0.29, 0.717) is 18.9 Å². The maximum absolute atomic E-state index is 12.4. The molecule has 10 nitrogen and oxygen atoms in total. The molecular weight excluding hydrogens is 412 g/mol. The second-order valence-electron chi connectivity index (χ2n) is 7.14. The summed E-state index contributed by atoms with van der Waals surface area (Å²) in [4.78, 5) is 26.6. The molecule has 0 aliphatic carbocycles. The SMILES string of the molecule is COc1ccc(-c2ccc(=O)n(CCNC(=O)c3ccc(N4CCOCC4)nn3)n2)cc1. The number of carbonyl (C=O) groups excluding carboxylic acids is 1. The molecule has 1 N–H and O–H groups in total. The van der Waals surface area contributed by atoms with Crippen LogP contribution < -0.4 is 20.5 Å². The van der Waals surface area contributed by atoms with Gasteiger partial charge in [0.1, 0.15) is 5.75 Å². The number of hydrogen-bond donors (Lipinski definition) is 1. The van der Waals surface area contributed by atoms with E-state index in [1.807, 2.05) is 24.3 Å². The summed E-state index contributed by atoms with van der Waals surface area (Å²) in [5, 5.41) is 15.3. The minimum atomic E-state index is -0.356. The molecule has 166 valence electrons. The molecule has 3 heterocycles. The highest BCUT2D eigenvalue weighted by Gasteiger charge is 2.14. The smallest absolute Gasteiger partial charge is 0.271 e. The third-order valence-electron chi connectivity index (χ3n) is 5.08. The van der Waals surface area contributed by atoms with Crippen LogP contribution in [-0.2, 0) is 11.3 Å². The number of aromatic nitrogens is 4. The fraction of sp³-hybridized carbons (Fsp3) is 0.318. The molecule has 32 heavy (non-hydrogen) atoms. The van der Waals surface area contributed by atoms with Gasteiger partial charge in [-0.2, -0.15) is 5.10 Å². The van der Waals surface area contributed by atoms with Gasteiger partial charge in [0.25, 0.3) is 11.5 Å². The number of amides is 1. The minimum absolute atomic E-state index is 0.217. The summed E-state index contributed by atoms with van der Waals surface area (Å²) in [5.41, 5.74) is 1.49. The van der Waals surface area contributed by atoms with E-state index >= 15 is 0 Å². The maximum Gasteiger partial charge on any atom is 0.271 e. The van der Waals surface area contributed by atoms with Crippen LogP contribution in [0.5, 0.6) is 5.75 Å². The number of morpholine rings is 1. The number of rotatable bonds is 7. The van der Waals surface area contributed by atoms with Crippen LogP contribution in [0.2, 0.25) is 0 Å². The van der Waals surface area contributed by atoms with Crippen molar-refractivity contribution in [2.45, 2.75) is 6.54 Å². The highest BCUT2D eigenvalue weighted by atomic mass is 16.5. The Morgan fingerprint density at radius 1 is 1.06 bits per heavy atom. The number of nitrogens with zero attached hydrogens (tertiary/aromatic N) is 5. The van der Waals surface area contributed by atoms with E-state index in [-0.39, 0.29) is 30.2 Å². The molecular formula is C22H24N6O4. The van der Waals surface area contributed by atoms with Gasteiger partial charge in [-0.1, -0.05) is 0 Å². The largest absolute Gasteiger partial charge is 0.497 e. The van der Waals surface area contributed by atoms with Crippen molar-refractivity contribution in [1.82, 2.24) is 25.3 Å². The Kier molecular flexibility index (Phi) is 6.71. The number of carbonyl (C=O) groups is 1. The van der Waals surface area contributed by atoms with Gasteiger partial charge < -0.3 is 19.7 Å². The molecule has 10 heteroatoms. The van der Waals surface area contributed by atoms with Gasteiger partial charge in [0.05, 0.1) is 32.6 Å². The molecule has 0 unspecified atom stereocenters. The van der Waals surface area contributed by atoms with Crippen molar-refractivity contribution in [1.29, 1.82) is 0 Å². The van der Waals surface area contributed by atoms with Gasteiger partial charge in [0.2, 0.25) is 0 Å². The monoisotopic (exact) mass is 436 g/mol. The van der Waals surface area contributed by atoms with Crippen molar-refractivity contribution in [3.8, 4) is 17.0 Å². The van der Waals surface area contributed by atoms with Crippen molar-refractivity contribution >= 4 is 11.7 Å². The molecule has 1 aliphatic heterocycles. The zero-order valence-electron chi connectivity index (χ0n) is 17.7. The molecule has 0 atom stereocenters. The summed E-state index contributed by atoms with van der Waals surface area (Å²) in [5.74, 6) is 1.10. The van der Waals surface area contributed by atoms with Crippen molar-refractivity contribution in [3.63, 3.8) is 0 Å². The molecule has 3 aromatic rings. The fourth-order valence-electron chi connectivity index (χ4n) is 3.30. The summed E-state index contributed by atoms with van der Waals surface area (Å²) in [7, 11) is 1.60. The Labute approximate surface area is 184 Å². The first-order chi connectivity index (χ1) is 15.6. The van der Waals surface area contributed by atoms with Gasteiger partial charge in [0.15, 0.2) is 11.5 Å². The van der Waals surface area contributed by atoms with E-state index < -0.39 is 0 Å². The molecule has 1 aliphatic rings. The second kappa shape index (κ2) is 10.0. The third-order valence-corrected chi connectivity index (χ3v) is 5.08. The van der Waals surface area contributed by atoms with E-state index in [4.69, 9.17) is 9.47 Å². The lowest BCUT2D eigenvalue weighted by atomic mass is 10.1. The van der Waals surface area contributed by atoms with E-state index in [1.54, 1.807) is 25.3 Å². The lowest BCUT2D eigenvalue weighted by molar-refractivity contribution is 0.0945. The van der Waals surface area contributed by atoms with Crippen LogP contribution in [0.3, 0.4) is 0 Å². The van der Waals surface area contributed by atoms with Crippen LogP contribution in [-0.4, -0.2) is 65.8 Å². The first-order valence-corrected chi connectivity index (χ1v) is 10.3. The van der Waals surface area contributed by atoms with Crippen LogP contribution in [0.1, 0.15) is 10.5 Å². The number of nitrogens with one attached hydrogen (secondary N) is 1. The molecule has 0 spiro atoms. The topological polar surface area (TPSA) is 111 Å². The summed E-state index contributed by atoms with van der Waals surface area (Å²) >= 11 is 0. The average molecular weight is 436 g/mol. The zero-order valence-corrected chi connectivity index (χ0v) is 17.7. The molecule has 1 saturated heterocycles. The Balaban J connectivity index is 1.35. The van der Waals surface area contributed by atoms with Crippen LogP contribution in [0.25, 0.3) is 11.3 Å².